The van der Waals surface area contributed by atoms with Gasteiger partial charge in [-0.05, 0) is 12.1 Å². The van der Waals surface area contributed by atoms with Crippen molar-refractivity contribution in [2.75, 3.05) is 0 Å². The third kappa shape index (κ3) is 0.955. The number of fused-ring (bicyclic) bond motifs is 1. The van der Waals surface area contributed by atoms with Crippen LogP contribution in [-0.4, -0.2) is 11.4 Å². The molecule has 0 atom stereocenters. The maximum Gasteiger partial charge on any atom is 0.142 e. The van der Waals surface area contributed by atoms with Crippen LogP contribution in [0.1, 0.15) is 5.56 Å². The molecule has 0 unspecified atom stereocenters. The van der Waals surface area contributed by atoms with Crippen LogP contribution in [0.2, 0.25) is 0 Å². The molecule has 1 aromatic heterocycles. The zero-order chi connectivity index (χ0) is 8.39. The molecule has 1 aromatic carbocycles. The number of hydrogen-bond acceptors (Lipinski definition) is 3. The van der Waals surface area contributed by atoms with Crippen LogP contribution < -0.4 is 0 Å². The lowest BCUT2D eigenvalue weighted by Crippen LogP contribution is -1.80. The molecule has 0 aliphatic heterocycles. The van der Waals surface area contributed by atoms with Gasteiger partial charge in [-0.3, -0.25) is 0 Å². The maximum absolute atomic E-state index is 8.34. The van der Waals surface area contributed by atoms with E-state index in [1.54, 1.807) is 6.26 Å². The van der Waals surface area contributed by atoms with Gasteiger partial charge in [0, 0.05) is 10.9 Å². The van der Waals surface area contributed by atoms with Crippen LogP contribution in [0.25, 0.3) is 11.0 Å². The van der Waals surface area contributed by atoms with Gasteiger partial charge in [0.1, 0.15) is 5.58 Å². The average Bonchev–Trinajstić information content (AvgIpc) is 2.53. The molecule has 0 fully saturated rings. The smallest absolute Gasteiger partial charge is 0.142 e. The molecule has 0 aliphatic carbocycles. The van der Waals surface area contributed by atoms with Gasteiger partial charge in [-0.2, -0.15) is 0 Å². The summed E-state index contributed by atoms with van der Waals surface area (Å²) in [5.74, 6) is 0. The Bertz CT molecular complexity index is 417. The number of para-hydroxylation sites is 1. The number of nitrogens with zero attached hydrogens (tertiary/aromatic N) is 1. The largest absolute Gasteiger partial charge is 0.464 e. The molecule has 0 spiro atoms. The minimum absolute atomic E-state index is 0.746. The maximum atomic E-state index is 8.34. The molecule has 0 bridgehead atoms. The van der Waals surface area contributed by atoms with Gasteiger partial charge in [-0.15, -0.1) is 0 Å². The topological polar surface area (TPSA) is 45.7 Å². The summed E-state index contributed by atoms with van der Waals surface area (Å²) in [5, 5.41) is 12.3. The summed E-state index contributed by atoms with van der Waals surface area (Å²) in [6, 6.07) is 7.51. The summed E-state index contributed by atoms with van der Waals surface area (Å²) >= 11 is 0. The SMILES string of the molecule is O/N=C\c1cccc2ccoc12. The van der Waals surface area contributed by atoms with E-state index in [1.807, 2.05) is 24.3 Å². The Balaban J connectivity index is 2.73. The highest BCUT2D eigenvalue weighted by Crippen LogP contribution is 2.17. The van der Waals surface area contributed by atoms with Crippen molar-refractivity contribution >= 4 is 17.2 Å². The van der Waals surface area contributed by atoms with Crippen molar-refractivity contribution in [1.29, 1.82) is 0 Å². The van der Waals surface area contributed by atoms with E-state index >= 15 is 0 Å². The summed E-state index contributed by atoms with van der Waals surface area (Å²) in [7, 11) is 0. The Labute approximate surface area is 68.9 Å². The van der Waals surface area contributed by atoms with E-state index in [0.717, 1.165) is 16.5 Å². The molecule has 0 saturated heterocycles. The lowest BCUT2D eigenvalue weighted by molar-refractivity contribution is 0.322. The highest BCUT2D eigenvalue weighted by Gasteiger charge is 2.00. The molecular weight excluding hydrogens is 154 g/mol. The summed E-state index contributed by atoms with van der Waals surface area (Å²) in [6.45, 7) is 0. The molecule has 0 saturated carbocycles. The Morgan fingerprint density at radius 1 is 1.33 bits per heavy atom. The molecule has 2 aromatic rings. The number of benzene rings is 1. The van der Waals surface area contributed by atoms with Crippen LogP contribution in [0.15, 0.2) is 40.1 Å². The molecule has 0 radical (unpaired) electrons. The van der Waals surface area contributed by atoms with Gasteiger partial charge >= 0.3 is 0 Å². The molecule has 2 rings (SSSR count). The van der Waals surface area contributed by atoms with E-state index in [4.69, 9.17) is 9.62 Å². The first-order valence-corrected chi connectivity index (χ1v) is 3.55. The Kier molecular flexibility index (Phi) is 1.55. The lowest BCUT2D eigenvalue weighted by atomic mass is 10.2. The minimum atomic E-state index is 0.746. The zero-order valence-corrected chi connectivity index (χ0v) is 6.27. The van der Waals surface area contributed by atoms with Crippen molar-refractivity contribution in [1.82, 2.24) is 0 Å². The first-order valence-electron chi connectivity index (χ1n) is 3.55. The second kappa shape index (κ2) is 2.70. The van der Waals surface area contributed by atoms with Crippen molar-refractivity contribution in [3.8, 4) is 0 Å². The highest BCUT2D eigenvalue weighted by molar-refractivity contribution is 5.96. The van der Waals surface area contributed by atoms with Gasteiger partial charge in [-0.1, -0.05) is 17.3 Å². The third-order valence-electron chi connectivity index (χ3n) is 1.71. The first kappa shape index (κ1) is 6.91. The normalized spacial score (nSPS) is 11.3. The molecule has 0 aliphatic rings. The average molecular weight is 161 g/mol. The van der Waals surface area contributed by atoms with Crippen LogP contribution >= 0.6 is 0 Å². The van der Waals surface area contributed by atoms with Gasteiger partial charge in [0.15, 0.2) is 0 Å². The quantitative estimate of drug-likeness (QED) is 0.396. The van der Waals surface area contributed by atoms with E-state index < -0.39 is 0 Å². The number of furan rings is 1. The van der Waals surface area contributed by atoms with Crippen LogP contribution in [0.5, 0.6) is 0 Å². The molecule has 0 amide bonds. The van der Waals surface area contributed by atoms with Crippen molar-refractivity contribution in [3.05, 3.63) is 36.1 Å². The number of hydrogen-bond donors (Lipinski definition) is 1. The van der Waals surface area contributed by atoms with E-state index in [2.05, 4.69) is 5.16 Å². The minimum Gasteiger partial charge on any atom is -0.464 e. The summed E-state index contributed by atoms with van der Waals surface area (Å²) in [5.41, 5.74) is 1.52. The molecule has 3 nitrogen and oxygen atoms in total. The van der Waals surface area contributed by atoms with Gasteiger partial charge in [-0.25, -0.2) is 0 Å². The lowest BCUT2D eigenvalue weighted by Gasteiger charge is -1.91. The summed E-state index contributed by atoms with van der Waals surface area (Å²) in [4.78, 5) is 0. The van der Waals surface area contributed by atoms with E-state index in [-0.39, 0.29) is 0 Å². The molecule has 12 heavy (non-hydrogen) atoms. The summed E-state index contributed by atoms with van der Waals surface area (Å²) in [6.07, 6.45) is 2.96. The number of rotatable bonds is 1. The van der Waals surface area contributed by atoms with E-state index in [9.17, 15) is 0 Å². The predicted molar refractivity (Wildman–Crippen MR) is 45.6 cm³/mol. The van der Waals surface area contributed by atoms with Gasteiger partial charge in [0.25, 0.3) is 0 Å². The molecule has 1 N–H and O–H groups in total. The van der Waals surface area contributed by atoms with Crippen molar-refractivity contribution in [2.24, 2.45) is 5.16 Å². The van der Waals surface area contributed by atoms with Crippen molar-refractivity contribution < 1.29 is 9.62 Å². The fraction of sp³-hybridized carbons (Fsp3) is 0. The van der Waals surface area contributed by atoms with Crippen molar-refractivity contribution in [2.45, 2.75) is 0 Å². The van der Waals surface area contributed by atoms with Crippen LogP contribution in [0.4, 0.5) is 0 Å². The van der Waals surface area contributed by atoms with Crippen molar-refractivity contribution in [3.63, 3.8) is 0 Å². The van der Waals surface area contributed by atoms with Gasteiger partial charge in [0.2, 0.25) is 0 Å². The third-order valence-corrected chi connectivity index (χ3v) is 1.71. The Hall–Kier alpha value is -1.77. The molecule has 3 heteroatoms. The Morgan fingerprint density at radius 2 is 2.25 bits per heavy atom. The molecular formula is C9H7NO2. The fourth-order valence-corrected chi connectivity index (χ4v) is 1.18. The zero-order valence-electron chi connectivity index (χ0n) is 6.27. The van der Waals surface area contributed by atoms with Crippen LogP contribution in [0.3, 0.4) is 0 Å². The van der Waals surface area contributed by atoms with Crippen LogP contribution in [-0.2, 0) is 0 Å². The predicted octanol–water partition coefficient (Wildman–Crippen LogP) is 2.24. The van der Waals surface area contributed by atoms with Crippen LogP contribution in [0, 0.1) is 0 Å². The number of oxime groups is 1. The molecule has 60 valence electrons. The standard InChI is InChI=1S/C9H7NO2/c11-10-6-8-3-1-2-7-4-5-12-9(7)8/h1-6,11H/b10-6-. The van der Waals surface area contributed by atoms with E-state index in [0.29, 0.717) is 0 Å². The summed E-state index contributed by atoms with van der Waals surface area (Å²) < 4.78 is 5.20. The first-order chi connectivity index (χ1) is 5.92. The Morgan fingerprint density at radius 3 is 3.08 bits per heavy atom. The van der Waals surface area contributed by atoms with E-state index in [1.165, 1.54) is 6.21 Å². The van der Waals surface area contributed by atoms with Gasteiger partial charge < -0.3 is 9.62 Å². The monoisotopic (exact) mass is 161 g/mol. The second-order valence-corrected chi connectivity index (χ2v) is 2.43. The molecule has 1 heterocycles. The van der Waals surface area contributed by atoms with Gasteiger partial charge in [0.05, 0.1) is 12.5 Å². The fourth-order valence-electron chi connectivity index (χ4n) is 1.18. The highest BCUT2D eigenvalue weighted by atomic mass is 16.4. The second-order valence-electron chi connectivity index (χ2n) is 2.43.